The van der Waals surface area contributed by atoms with Crippen molar-refractivity contribution < 1.29 is 9.90 Å². The molecule has 1 heterocycles. The highest BCUT2D eigenvalue weighted by Gasteiger charge is 2.41. The first kappa shape index (κ1) is 8.73. The minimum absolute atomic E-state index is 0.554. The molecule has 1 atom stereocenters. The first-order valence-electron chi connectivity index (χ1n) is 3.78. The van der Waals surface area contributed by atoms with Gasteiger partial charge in [0, 0.05) is 6.42 Å². The van der Waals surface area contributed by atoms with Crippen molar-refractivity contribution in [1.29, 1.82) is 0 Å². The Kier molecular flexibility index (Phi) is 2.34. The summed E-state index contributed by atoms with van der Waals surface area (Å²) < 4.78 is 0. The van der Waals surface area contributed by atoms with Gasteiger partial charge in [0.2, 0.25) is 0 Å². The molecule has 1 N–H and O–H groups in total. The molecule has 11 heavy (non-hydrogen) atoms. The molecule has 0 aromatic carbocycles. The SMILES string of the molecule is CC1=CC[P+](C)(C(=O)O)CC1. The number of allylic oxidation sites excluding steroid dienone is 2. The normalized spacial score (nSPS) is 31.3. The zero-order valence-electron chi connectivity index (χ0n) is 7.00. The van der Waals surface area contributed by atoms with E-state index in [4.69, 9.17) is 5.11 Å². The van der Waals surface area contributed by atoms with Gasteiger partial charge in [0.25, 0.3) is 0 Å². The molecule has 0 radical (unpaired) electrons. The molecule has 1 unspecified atom stereocenters. The van der Waals surface area contributed by atoms with Gasteiger partial charge in [-0.1, -0.05) is 5.57 Å². The van der Waals surface area contributed by atoms with E-state index in [1.807, 2.05) is 6.66 Å². The fraction of sp³-hybridized carbons (Fsp3) is 0.625. The van der Waals surface area contributed by atoms with Crippen LogP contribution in [0.3, 0.4) is 0 Å². The molecule has 2 nitrogen and oxygen atoms in total. The quantitative estimate of drug-likeness (QED) is 0.489. The summed E-state index contributed by atoms with van der Waals surface area (Å²) in [5.41, 5.74) is 0.796. The molecule has 1 rings (SSSR count). The van der Waals surface area contributed by atoms with Gasteiger partial charge in [-0.3, -0.25) is 0 Å². The van der Waals surface area contributed by atoms with Gasteiger partial charge in [-0.15, -0.1) is 0 Å². The maximum atomic E-state index is 10.8. The van der Waals surface area contributed by atoms with Crippen LogP contribution in [0, 0.1) is 0 Å². The Hall–Kier alpha value is -0.360. The summed E-state index contributed by atoms with van der Waals surface area (Å²) in [6.07, 6.45) is 4.76. The Morgan fingerprint density at radius 2 is 2.36 bits per heavy atom. The van der Waals surface area contributed by atoms with E-state index in [-0.39, 0.29) is 0 Å². The van der Waals surface area contributed by atoms with E-state index >= 15 is 0 Å². The van der Waals surface area contributed by atoms with Crippen LogP contribution in [0.4, 0.5) is 4.79 Å². The van der Waals surface area contributed by atoms with Gasteiger partial charge in [0.15, 0.2) is 0 Å². The molecule has 1 aliphatic rings. The van der Waals surface area contributed by atoms with Crippen molar-refractivity contribution in [2.45, 2.75) is 13.3 Å². The lowest BCUT2D eigenvalue weighted by molar-refractivity contribution is 0.220. The van der Waals surface area contributed by atoms with E-state index in [2.05, 4.69) is 13.0 Å². The third-order valence-electron chi connectivity index (χ3n) is 2.30. The monoisotopic (exact) mass is 173 g/mol. The fourth-order valence-electron chi connectivity index (χ4n) is 1.15. The smallest absolute Gasteiger partial charge is 0.448 e. The largest absolute Gasteiger partial charge is 0.452 e. The Labute approximate surface area is 67.6 Å². The lowest BCUT2D eigenvalue weighted by Gasteiger charge is -2.19. The molecule has 0 spiro atoms. The summed E-state index contributed by atoms with van der Waals surface area (Å²) in [6, 6.07) is 0. The molecular weight excluding hydrogens is 159 g/mol. The van der Waals surface area contributed by atoms with Crippen LogP contribution in [0.2, 0.25) is 0 Å². The van der Waals surface area contributed by atoms with E-state index in [9.17, 15) is 4.79 Å². The van der Waals surface area contributed by atoms with Crippen molar-refractivity contribution in [2.75, 3.05) is 19.0 Å². The molecule has 1 aliphatic heterocycles. The van der Waals surface area contributed by atoms with Crippen LogP contribution in [-0.2, 0) is 0 Å². The first-order valence-corrected chi connectivity index (χ1v) is 6.39. The summed E-state index contributed by atoms with van der Waals surface area (Å²) in [4.78, 5) is 10.8. The highest BCUT2D eigenvalue weighted by atomic mass is 31.2. The Morgan fingerprint density at radius 1 is 1.73 bits per heavy atom. The van der Waals surface area contributed by atoms with Crippen LogP contribution in [-0.4, -0.2) is 29.8 Å². The summed E-state index contributed by atoms with van der Waals surface area (Å²) in [5, 5.41) is 8.90. The summed E-state index contributed by atoms with van der Waals surface area (Å²) in [5.74, 6) is 0. The molecule has 0 saturated carbocycles. The van der Waals surface area contributed by atoms with Gasteiger partial charge in [0.1, 0.15) is 7.26 Å². The average Bonchev–Trinajstić information content (AvgIpc) is 1.95. The first-order chi connectivity index (χ1) is 5.04. The van der Waals surface area contributed by atoms with E-state index in [1.165, 1.54) is 5.57 Å². The highest BCUT2D eigenvalue weighted by molar-refractivity contribution is 7.90. The standard InChI is InChI=1S/C8H13O2P/c1-7-3-5-11(2,6-4-7)8(9)10/h3H,4-6H2,1-2H3/p+1. The van der Waals surface area contributed by atoms with E-state index in [0.29, 0.717) is 0 Å². The molecule has 0 fully saturated rings. The molecular formula is C8H14O2P+. The molecule has 0 aliphatic carbocycles. The summed E-state index contributed by atoms with van der Waals surface area (Å²) in [6.45, 7) is 4.00. The van der Waals surface area contributed by atoms with Gasteiger partial charge >= 0.3 is 5.71 Å². The van der Waals surface area contributed by atoms with Crippen molar-refractivity contribution in [3.05, 3.63) is 11.6 Å². The second-order valence-corrected chi connectivity index (χ2v) is 7.37. The van der Waals surface area contributed by atoms with Crippen molar-refractivity contribution in [2.24, 2.45) is 0 Å². The zero-order valence-corrected chi connectivity index (χ0v) is 7.90. The molecule has 62 valence electrons. The molecule has 0 amide bonds. The number of hydrogen-bond donors (Lipinski definition) is 1. The molecule has 0 saturated heterocycles. The van der Waals surface area contributed by atoms with Crippen molar-refractivity contribution in [1.82, 2.24) is 0 Å². The van der Waals surface area contributed by atoms with E-state index < -0.39 is 13.0 Å². The topological polar surface area (TPSA) is 37.3 Å². The lowest BCUT2D eigenvalue weighted by Crippen LogP contribution is -2.13. The van der Waals surface area contributed by atoms with E-state index in [0.717, 1.165) is 18.7 Å². The van der Waals surface area contributed by atoms with Gasteiger partial charge in [-0.05, 0) is 13.0 Å². The highest BCUT2D eigenvalue weighted by Crippen LogP contribution is 2.58. The van der Waals surface area contributed by atoms with Gasteiger partial charge in [0.05, 0.1) is 19.0 Å². The second-order valence-electron chi connectivity index (χ2n) is 3.39. The molecule has 0 aromatic heterocycles. The van der Waals surface area contributed by atoms with Crippen LogP contribution in [0.25, 0.3) is 0 Å². The minimum Gasteiger partial charge on any atom is -0.452 e. The van der Waals surface area contributed by atoms with Gasteiger partial charge in [-0.2, -0.15) is 0 Å². The number of carboxylic acid groups (broad SMARTS) is 1. The molecule has 3 heteroatoms. The molecule has 0 aromatic rings. The predicted octanol–water partition coefficient (Wildman–Crippen LogP) is 2.66. The van der Waals surface area contributed by atoms with Crippen LogP contribution in [0.5, 0.6) is 0 Å². The molecule has 0 bridgehead atoms. The van der Waals surface area contributed by atoms with Gasteiger partial charge < -0.3 is 5.11 Å². The predicted molar refractivity (Wildman–Crippen MR) is 49.0 cm³/mol. The second kappa shape index (κ2) is 2.94. The Bertz CT molecular complexity index is 210. The van der Waals surface area contributed by atoms with Crippen molar-refractivity contribution in [3.63, 3.8) is 0 Å². The number of carbonyl (C=O) groups is 1. The minimum atomic E-state index is -1.63. The third-order valence-corrected chi connectivity index (χ3v) is 5.43. The number of hydrogen-bond acceptors (Lipinski definition) is 1. The Balaban J connectivity index is 2.71. The maximum absolute atomic E-state index is 10.8. The summed E-state index contributed by atoms with van der Waals surface area (Å²) >= 11 is 0. The zero-order chi connectivity index (χ0) is 8.48. The van der Waals surface area contributed by atoms with Crippen molar-refractivity contribution in [3.8, 4) is 0 Å². The van der Waals surface area contributed by atoms with Crippen LogP contribution < -0.4 is 0 Å². The van der Waals surface area contributed by atoms with E-state index in [1.54, 1.807) is 0 Å². The van der Waals surface area contributed by atoms with Crippen LogP contribution in [0.1, 0.15) is 13.3 Å². The fourth-order valence-corrected chi connectivity index (χ4v) is 3.24. The maximum Gasteiger partial charge on any atom is 0.448 e. The number of rotatable bonds is 1. The van der Waals surface area contributed by atoms with Crippen LogP contribution in [0.15, 0.2) is 11.6 Å². The Morgan fingerprint density at radius 3 is 2.73 bits per heavy atom. The van der Waals surface area contributed by atoms with Crippen molar-refractivity contribution >= 4 is 13.0 Å². The lowest BCUT2D eigenvalue weighted by atomic mass is 10.2. The van der Waals surface area contributed by atoms with Gasteiger partial charge in [-0.25, -0.2) is 4.79 Å². The summed E-state index contributed by atoms with van der Waals surface area (Å²) in [7, 11) is -1.63. The average molecular weight is 173 g/mol. The van der Waals surface area contributed by atoms with Crippen LogP contribution >= 0.6 is 7.26 Å². The third kappa shape index (κ3) is 1.81.